The van der Waals surface area contributed by atoms with Crippen molar-refractivity contribution in [3.05, 3.63) is 22.2 Å². The van der Waals surface area contributed by atoms with Gasteiger partial charge in [0.05, 0.1) is 17.3 Å². The van der Waals surface area contributed by atoms with Gasteiger partial charge in [0.25, 0.3) is 0 Å². The fourth-order valence-corrected chi connectivity index (χ4v) is 3.15. The highest BCUT2D eigenvalue weighted by atomic mass is 35.5. The average Bonchev–Trinajstić information content (AvgIpc) is 2.24. The lowest BCUT2D eigenvalue weighted by Gasteiger charge is -2.10. The number of halogens is 2. The smallest absolute Gasteiger partial charge is 0.244 e. The summed E-state index contributed by atoms with van der Waals surface area (Å²) in [5.74, 6) is -0.484. The number of nitrogens with two attached hydrogens (primary N) is 1. The van der Waals surface area contributed by atoms with Gasteiger partial charge in [-0.05, 0) is 12.1 Å². The number of hydrogen-bond acceptors (Lipinski definition) is 4. The van der Waals surface area contributed by atoms with Crippen molar-refractivity contribution in [2.45, 2.75) is 4.90 Å². The topological polar surface area (TPSA) is 101 Å². The Morgan fingerprint density at radius 3 is 2.50 bits per heavy atom. The molecule has 18 heavy (non-hydrogen) atoms. The van der Waals surface area contributed by atoms with Gasteiger partial charge in [0.15, 0.2) is 0 Å². The maximum atomic E-state index is 11.9. The molecular formula is C9H11Cl2N3O3S. The van der Waals surface area contributed by atoms with Gasteiger partial charge in [0, 0.05) is 12.1 Å². The lowest BCUT2D eigenvalue weighted by molar-refractivity contribution is -0.119. The van der Waals surface area contributed by atoms with Gasteiger partial charge >= 0.3 is 0 Å². The molecule has 0 saturated heterocycles. The Morgan fingerprint density at radius 1 is 1.39 bits per heavy atom. The molecule has 1 aromatic carbocycles. The third-order valence-electron chi connectivity index (χ3n) is 2.01. The van der Waals surface area contributed by atoms with Crippen molar-refractivity contribution in [3.8, 4) is 0 Å². The predicted molar refractivity (Wildman–Crippen MR) is 70.1 cm³/mol. The molecule has 0 radical (unpaired) electrons. The number of nitrogen functional groups attached to an aromatic ring is 1. The number of benzene rings is 1. The molecule has 0 aliphatic carbocycles. The Kier molecular flexibility index (Phi) is 4.80. The summed E-state index contributed by atoms with van der Waals surface area (Å²) < 4.78 is 25.9. The number of anilines is 1. The van der Waals surface area contributed by atoms with Crippen LogP contribution in [0.2, 0.25) is 10.0 Å². The summed E-state index contributed by atoms with van der Waals surface area (Å²) in [5, 5.41) is 2.39. The fraction of sp³-hybridized carbons (Fsp3) is 0.222. The van der Waals surface area contributed by atoms with Crippen LogP contribution in [0.3, 0.4) is 0 Å². The van der Waals surface area contributed by atoms with Crippen LogP contribution < -0.4 is 15.8 Å². The number of nitrogens with one attached hydrogen (secondary N) is 2. The van der Waals surface area contributed by atoms with Crippen molar-refractivity contribution >= 4 is 44.8 Å². The number of hydrogen-bond donors (Lipinski definition) is 3. The van der Waals surface area contributed by atoms with E-state index in [-0.39, 0.29) is 20.6 Å². The summed E-state index contributed by atoms with van der Waals surface area (Å²) in [6, 6.07) is 2.52. The third-order valence-corrected chi connectivity index (χ3v) is 4.15. The standard InChI is InChI=1S/C9H11Cl2N3O3S/c1-13-8(15)4-14-18(16,17)9-6(11)2-5(10)3-7(9)12/h2-3,14H,4,12H2,1H3,(H,13,15). The highest BCUT2D eigenvalue weighted by molar-refractivity contribution is 7.89. The summed E-state index contributed by atoms with van der Waals surface area (Å²) in [7, 11) is -2.58. The number of carbonyl (C=O) groups excluding carboxylic acids is 1. The molecule has 0 fully saturated rings. The number of amides is 1. The van der Waals surface area contributed by atoms with E-state index in [2.05, 4.69) is 10.0 Å². The minimum absolute atomic E-state index is 0.0862. The van der Waals surface area contributed by atoms with Crippen molar-refractivity contribution in [1.29, 1.82) is 0 Å². The lowest BCUT2D eigenvalue weighted by Crippen LogP contribution is -2.35. The lowest BCUT2D eigenvalue weighted by atomic mass is 10.3. The van der Waals surface area contributed by atoms with Crippen LogP contribution in [-0.4, -0.2) is 27.9 Å². The summed E-state index contributed by atoms with van der Waals surface area (Å²) in [6.07, 6.45) is 0. The van der Waals surface area contributed by atoms with E-state index in [9.17, 15) is 13.2 Å². The number of likely N-dealkylation sites (N-methyl/N-ethyl adjacent to an activating group) is 1. The molecule has 0 aromatic heterocycles. The number of sulfonamides is 1. The second kappa shape index (κ2) is 5.75. The molecule has 9 heteroatoms. The quantitative estimate of drug-likeness (QED) is 0.709. The monoisotopic (exact) mass is 311 g/mol. The molecule has 6 nitrogen and oxygen atoms in total. The summed E-state index contributed by atoms with van der Waals surface area (Å²) in [6.45, 7) is -0.406. The van der Waals surface area contributed by atoms with Crippen LogP contribution in [0.4, 0.5) is 5.69 Å². The zero-order valence-electron chi connectivity index (χ0n) is 9.33. The molecule has 0 atom stereocenters. The molecule has 0 saturated carbocycles. The van der Waals surface area contributed by atoms with Gasteiger partial charge in [0.2, 0.25) is 15.9 Å². The number of rotatable bonds is 4. The minimum atomic E-state index is -3.97. The van der Waals surface area contributed by atoms with Gasteiger partial charge in [-0.1, -0.05) is 23.2 Å². The first-order chi connectivity index (χ1) is 8.27. The van der Waals surface area contributed by atoms with Crippen LogP contribution in [0.25, 0.3) is 0 Å². The third kappa shape index (κ3) is 3.49. The molecule has 0 aliphatic rings. The van der Waals surface area contributed by atoms with Crippen LogP contribution >= 0.6 is 23.2 Å². The number of carbonyl (C=O) groups is 1. The SMILES string of the molecule is CNC(=O)CNS(=O)(=O)c1c(N)cc(Cl)cc1Cl. The van der Waals surface area contributed by atoms with E-state index in [1.165, 1.54) is 19.2 Å². The molecule has 0 bridgehead atoms. The Hall–Kier alpha value is -1.02. The van der Waals surface area contributed by atoms with Crippen molar-refractivity contribution in [1.82, 2.24) is 10.0 Å². The van der Waals surface area contributed by atoms with Crippen LogP contribution in [0.15, 0.2) is 17.0 Å². The van der Waals surface area contributed by atoms with Gasteiger partial charge in [-0.25, -0.2) is 13.1 Å². The zero-order chi connectivity index (χ0) is 13.9. The van der Waals surface area contributed by atoms with E-state index >= 15 is 0 Å². The van der Waals surface area contributed by atoms with Gasteiger partial charge in [-0.2, -0.15) is 0 Å². The molecular weight excluding hydrogens is 301 g/mol. The minimum Gasteiger partial charge on any atom is -0.398 e. The average molecular weight is 312 g/mol. The van der Waals surface area contributed by atoms with Gasteiger partial charge in [0.1, 0.15) is 4.90 Å². The van der Waals surface area contributed by atoms with Crippen LogP contribution in [0.5, 0.6) is 0 Å². The van der Waals surface area contributed by atoms with Crippen LogP contribution in [0, 0.1) is 0 Å². The van der Waals surface area contributed by atoms with Gasteiger partial charge in [-0.3, -0.25) is 4.79 Å². The Balaban J connectivity index is 3.10. The van der Waals surface area contributed by atoms with E-state index in [1.807, 2.05) is 0 Å². The van der Waals surface area contributed by atoms with E-state index in [4.69, 9.17) is 28.9 Å². The first kappa shape index (κ1) is 15.0. The fourth-order valence-electron chi connectivity index (χ4n) is 1.18. The first-order valence-electron chi connectivity index (χ1n) is 4.72. The zero-order valence-corrected chi connectivity index (χ0v) is 11.7. The Bertz CT molecular complexity index is 551. The molecule has 0 aliphatic heterocycles. The van der Waals surface area contributed by atoms with Gasteiger partial charge < -0.3 is 11.1 Å². The maximum Gasteiger partial charge on any atom is 0.244 e. The molecule has 1 aromatic rings. The molecule has 0 spiro atoms. The molecule has 1 amide bonds. The highest BCUT2D eigenvalue weighted by Gasteiger charge is 2.22. The van der Waals surface area contributed by atoms with Crippen molar-refractivity contribution in [2.75, 3.05) is 19.3 Å². The predicted octanol–water partition coefficient (Wildman–Crippen LogP) is 0.600. The van der Waals surface area contributed by atoms with Crippen molar-refractivity contribution in [2.24, 2.45) is 0 Å². The van der Waals surface area contributed by atoms with Crippen molar-refractivity contribution < 1.29 is 13.2 Å². The molecule has 1 rings (SSSR count). The van der Waals surface area contributed by atoms with E-state index in [0.29, 0.717) is 0 Å². The summed E-state index contributed by atoms with van der Waals surface area (Å²) in [5.41, 5.74) is 5.47. The normalized spacial score (nSPS) is 11.3. The summed E-state index contributed by atoms with van der Waals surface area (Å²) in [4.78, 5) is 10.7. The summed E-state index contributed by atoms with van der Waals surface area (Å²) >= 11 is 11.5. The second-order valence-electron chi connectivity index (χ2n) is 3.30. The molecule has 0 unspecified atom stereocenters. The van der Waals surface area contributed by atoms with E-state index in [0.717, 1.165) is 0 Å². The largest absolute Gasteiger partial charge is 0.398 e. The van der Waals surface area contributed by atoms with E-state index in [1.54, 1.807) is 0 Å². The van der Waals surface area contributed by atoms with Crippen LogP contribution in [-0.2, 0) is 14.8 Å². The highest BCUT2D eigenvalue weighted by Crippen LogP contribution is 2.30. The van der Waals surface area contributed by atoms with E-state index < -0.39 is 22.5 Å². The second-order valence-corrected chi connectivity index (χ2v) is 5.85. The first-order valence-corrected chi connectivity index (χ1v) is 6.96. The van der Waals surface area contributed by atoms with Gasteiger partial charge in [-0.15, -0.1) is 0 Å². The maximum absolute atomic E-state index is 11.9. The Labute approximate surface area is 114 Å². The molecule has 100 valence electrons. The molecule has 0 heterocycles. The van der Waals surface area contributed by atoms with Crippen molar-refractivity contribution in [3.63, 3.8) is 0 Å². The van der Waals surface area contributed by atoms with Crippen LogP contribution in [0.1, 0.15) is 0 Å². The molecule has 4 N–H and O–H groups in total. The Morgan fingerprint density at radius 2 is 2.00 bits per heavy atom.